The van der Waals surface area contributed by atoms with Crippen LogP contribution in [0.15, 0.2) is 36.4 Å². The fourth-order valence-electron chi connectivity index (χ4n) is 3.51. The molecule has 2 aromatic carbocycles. The first-order valence-electron chi connectivity index (χ1n) is 8.51. The second-order valence-corrected chi connectivity index (χ2v) is 6.37. The summed E-state index contributed by atoms with van der Waals surface area (Å²) in [6, 6.07) is 11.2. The van der Waals surface area contributed by atoms with Crippen LogP contribution in [-0.2, 0) is 0 Å². The summed E-state index contributed by atoms with van der Waals surface area (Å²) in [5, 5.41) is 10.6. The van der Waals surface area contributed by atoms with Crippen molar-refractivity contribution in [1.82, 2.24) is 20.3 Å². The minimum Gasteiger partial charge on any atom is -0.497 e. The van der Waals surface area contributed by atoms with E-state index in [-0.39, 0.29) is 11.8 Å². The number of carbonyl (C=O) groups excluding carboxylic acids is 1. The normalized spacial score (nSPS) is 16.8. The van der Waals surface area contributed by atoms with E-state index >= 15 is 0 Å². The van der Waals surface area contributed by atoms with Crippen molar-refractivity contribution in [3.05, 3.63) is 47.5 Å². The van der Waals surface area contributed by atoms with E-state index in [9.17, 15) is 4.79 Å². The van der Waals surface area contributed by atoms with Gasteiger partial charge in [-0.25, -0.2) is 0 Å². The summed E-state index contributed by atoms with van der Waals surface area (Å²) in [5.41, 5.74) is 3.15. The lowest BCUT2D eigenvalue weighted by atomic mass is 9.97. The number of rotatable bonds is 4. The molecule has 7 heteroatoms. The standard InChI is InChI=1S/C19H20N4O3/c1-25-14-4-6-18(26-2)15(10-14)13-7-8-23(11-13)19(24)12-3-5-16-17(9-12)21-22-20-16/h3-6,9-10,13H,7-8,11H2,1-2H3,(H,20,21,22). The summed E-state index contributed by atoms with van der Waals surface area (Å²) in [7, 11) is 3.31. The number of ether oxygens (including phenoxy) is 2. The minimum absolute atomic E-state index is 0.0132. The fraction of sp³-hybridized carbons (Fsp3) is 0.316. The number of fused-ring (bicyclic) bond motifs is 1. The molecule has 1 aliphatic heterocycles. The first-order chi connectivity index (χ1) is 12.7. The third-order valence-electron chi connectivity index (χ3n) is 4.92. The van der Waals surface area contributed by atoms with Gasteiger partial charge in [-0.2, -0.15) is 15.4 Å². The summed E-state index contributed by atoms with van der Waals surface area (Å²) in [6.07, 6.45) is 0.890. The molecule has 1 aliphatic rings. The summed E-state index contributed by atoms with van der Waals surface area (Å²) in [5.74, 6) is 1.86. The number of hydrogen-bond donors (Lipinski definition) is 1. The van der Waals surface area contributed by atoms with Crippen molar-refractivity contribution in [2.45, 2.75) is 12.3 Å². The SMILES string of the molecule is COc1ccc(OC)c(C2CCN(C(=O)c3ccc4n[nH]nc4c3)C2)c1. The summed E-state index contributed by atoms with van der Waals surface area (Å²) in [6.45, 7) is 1.36. The molecule has 26 heavy (non-hydrogen) atoms. The molecule has 0 radical (unpaired) electrons. The third-order valence-corrected chi connectivity index (χ3v) is 4.92. The van der Waals surface area contributed by atoms with Gasteiger partial charge in [0.2, 0.25) is 0 Å². The molecule has 1 unspecified atom stereocenters. The van der Waals surface area contributed by atoms with Gasteiger partial charge >= 0.3 is 0 Å². The van der Waals surface area contributed by atoms with E-state index in [0.717, 1.165) is 29.0 Å². The highest BCUT2D eigenvalue weighted by molar-refractivity contribution is 5.97. The van der Waals surface area contributed by atoms with E-state index in [1.807, 2.05) is 29.2 Å². The number of nitrogens with one attached hydrogen (secondary N) is 1. The van der Waals surface area contributed by atoms with Crippen molar-refractivity contribution >= 4 is 16.9 Å². The van der Waals surface area contributed by atoms with Gasteiger partial charge in [0.1, 0.15) is 22.5 Å². The number of amides is 1. The van der Waals surface area contributed by atoms with E-state index in [2.05, 4.69) is 15.4 Å². The van der Waals surface area contributed by atoms with Gasteiger partial charge in [-0.3, -0.25) is 4.79 Å². The number of likely N-dealkylation sites (tertiary alicyclic amines) is 1. The zero-order chi connectivity index (χ0) is 18.1. The molecule has 4 rings (SSSR count). The van der Waals surface area contributed by atoms with E-state index in [1.165, 1.54) is 0 Å². The second-order valence-electron chi connectivity index (χ2n) is 6.37. The van der Waals surface area contributed by atoms with Gasteiger partial charge in [-0.1, -0.05) is 0 Å². The van der Waals surface area contributed by atoms with E-state index < -0.39 is 0 Å². The number of nitrogens with zero attached hydrogens (tertiary/aromatic N) is 3. The van der Waals surface area contributed by atoms with Crippen LogP contribution in [0.5, 0.6) is 11.5 Å². The van der Waals surface area contributed by atoms with Crippen molar-refractivity contribution in [2.24, 2.45) is 0 Å². The molecule has 1 aromatic heterocycles. The maximum absolute atomic E-state index is 12.9. The van der Waals surface area contributed by atoms with Crippen LogP contribution in [0.1, 0.15) is 28.3 Å². The zero-order valence-electron chi connectivity index (χ0n) is 14.7. The molecule has 3 aromatic rings. The molecule has 1 saturated heterocycles. The number of hydrogen-bond acceptors (Lipinski definition) is 5. The third kappa shape index (κ3) is 2.85. The van der Waals surface area contributed by atoms with E-state index in [0.29, 0.717) is 24.2 Å². The molecule has 0 saturated carbocycles. The summed E-state index contributed by atoms with van der Waals surface area (Å²) in [4.78, 5) is 14.8. The molecule has 1 N–H and O–H groups in total. The van der Waals surface area contributed by atoms with Gasteiger partial charge in [-0.15, -0.1) is 0 Å². The van der Waals surface area contributed by atoms with Crippen molar-refractivity contribution in [1.29, 1.82) is 0 Å². The lowest BCUT2D eigenvalue weighted by Gasteiger charge is -2.18. The summed E-state index contributed by atoms with van der Waals surface area (Å²) < 4.78 is 10.8. The van der Waals surface area contributed by atoms with E-state index in [1.54, 1.807) is 26.4 Å². The Bertz CT molecular complexity index is 953. The predicted molar refractivity (Wildman–Crippen MR) is 96.7 cm³/mol. The van der Waals surface area contributed by atoms with Crippen LogP contribution >= 0.6 is 0 Å². The van der Waals surface area contributed by atoms with Crippen molar-refractivity contribution in [3.63, 3.8) is 0 Å². The van der Waals surface area contributed by atoms with Gasteiger partial charge < -0.3 is 14.4 Å². The molecule has 0 bridgehead atoms. The Labute approximate surface area is 150 Å². The molecule has 0 aliphatic carbocycles. The molecule has 2 heterocycles. The van der Waals surface area contributed by atoms with Crippen molar-refractivity contribution in [2.75, 3.05) is 27.3 Å². The quantitative estimate of drug-likeness (QED) is 0.781. The molecule has 7 nitrogen and oxygen atoms in total. The number of H-pyrrole nitrogens is 1. The summed E-state index contributed by atoms with van der Waals surface area (Å²) >= 11 is 0. The number of aromatic nitrogens is 3. The maximum Gasteiger partial charge on any atom is 0.253 e. The van der Waals surface area contributed by atoms with E-state index in [4.69, 9.17) is 9.47 Å². The van der Waals surface area contributed by atoms with Crippen molar-refractivity contribution < 1.29 is 14.3 Å². The predicted octanol–water partition coefficient (Wildman–Crippen LogP) is 2.60. The van der Waals surface area contributed by atoms with Crippen LogP contribution in [-0.4, -0.2) is 53.5 Å². The van der Waals surface area contributed by atoms with Gasteiger partial charge in [0.25, 0.3) is 5.91 Å². The number of methoxy groups -OCH3 is 2. The molecule has 1 fully saturated rings. The molecule has 1 amide bonds. The Morgan fingerprint density at radius 3 is 2.77 bits per heavy atom. The van der Waals surface area contributed by atoms with Crippen LogP contribution in [0.4, 0.5) is 0 Å². The van der Waals surface area contributed by atoms with Gasteiger partial charge in [-0.05, 0) is 42.8 Å². The lowest BCUT2D eigenvalue weighted by molar-refractivity contribution is 0.0791. The Hall–Kier alpha value is -3.09. The topological polar surface area (TPSA) is 80.3 Å². The highest BCUT2D eigenvalue weighted by Crippen LogP contribution is 2.36. The highest BCUT2D eigenvalue weighted by atomic mass is 16.5. The average molecular weight is 352 g/mol. The zero-order valence-corrected chi connectivity index (χ0v) is 14.7. The Morgan fingerprint density at radius 1 is 1.12 bits per heavy atom. The smallest absolute Gasteiger partial charge is 0.253 e. The monoisotopic (exact) mass is 352 g/mol. The van der Waals surface area contributed by atoms with Gasteiger partial charge in [0.05, 0.1) is 14.2 Å². The Balaban J connectivity index is 1.55. The second kappa shape index (κ2) is 6.67. The van der Waals surface area contributed by atoms with Crippen molar-refractivity contribution in [3.8, 4) is 11.5 Å². The highest BCUT2D eigenvalue weighted by Gasteiger charge is 2.30. The van der Waals surface area contributed by atoms with Crippen LogP contribution < -0.4 is 9.47 Å². The molecular weight excluding hydrogens is 332 g/mol. The molecule has 134 valence electrons. The number of carbonyl (C=O) groups is 1. The Kier molecular flexibility index (Phi) is 4.20. The minimum atomic E-state index is 0.0132. The lowest BCUT2D eigenvalue weighted by Crippen LogP contribution is -2.28. The first-order valence-corrected chi connectivity index (χ1v) is 8.51. The first kappa shape index (κ1) is 16.4. The van der Waals surface area contributed by atoms with Gasteiger partial charge in [0, 0.05) is 30.1 Å². The fourth-order valence-corrected chi connectivity index (χ4v) is 3.51. The average Bonchev–Trinajstić information content (AvgIpc) is 3.35. The van der Waals surface area contributed by atoms with Crippen LogP contribution in [0, 0.1) is 0 Å². The molecule has 0 spiro atoms. The van der Waals surface area contributed by atoms with Crippen LogP contribution in [0.2, 0.25) is 0 Å². The van der Waals surface area contributed by atoms with Crippen LogP contribution in [0.25, 0.3) is 11.0 Å². The maximum atomic E-state index is 12.9. The number of aromatic amines is 1. The largest absolute Gasteiger partial charge is 0.497 e. The molecular formula is C19H20N4O3. The Morgan fingerprint density at radius 2 is 1.96 bits per heavy atom. The molecule has 1 atom stereocenters. The van der Waals surface area contributed by atoms with Crippen LogP contribution in [0.3, 0.4) is 0 Å². The van der Waals surface area contributed by atoms with Gasteiger partial charge in [0.15, 0.2) is 0 Å². The number of benzene rings is 2.